The summed E-state index contributed by atoms with van der Waals surface area (Å²) < 4.78 is 12.7. The highest BCUT2D eigenvalue weighted by Crippen LogP contribution is 2.29. The molecular formula is C12H14FNO. The van der Waals surface area contributed by atoms with E-state index in [-0.39, 0.29) is 23.7 Å². The van der Waals surface area contributed by atoms with E-state index in [1.807, 2.05) is 6.92 Å². The summed E-state index contributed by atoms with van der Waals surface area (Å²) in [5.41, 5.74) is 0.936. The molecule has 0 heterocycles. The van der Waals surface area contributed by atoms with Crippen LogP contribution in [0, 0.1) is 11.7 Å². The van der Waals surface area contributed by atoms with Crippen LogP contribution in [0.5, 0.6) is 0 Å². The van der Waals surface area contributed by atoms with E-state index in [1.165, 1.54) is 12.1 Å². The molecule has 3 heteroatoms. The Bertz CT molecular complexity index is 356. The normalized spacial score (nSPS) is 17.2. The first-order valence-corrected chi connectivity index (χ1v) is 5.22. The largest absolute Gasteiger partial charge is 0.349 e. The van der Waals surface area contributed by atoms with Gasteiger partial charge in [-0.25, -0.2) is 4.39 Å². The van der Waals surface area contributed by atoms with Crippen molar-refractivity contribution in [3.63, 3.8) is 0 Å². The molecular weight excluding hydrogens is 193 g/mol. The predicted octanol–water partition coefficient (Wildman–Crippen LogP) is 2.41. The van der Waals surface area contributed by atoms with E-state index in [4.69, 9.17) is 0 Å². The van der Waals surface area contributed by atoms with Gasteiger partial charge < -0.3 is 5.32 Å². The average Bonchev–Trinajstić information content (AvgIpc) is 3.01. The summed E-state index contributed by atoms with van der Waals surface area (Å²) in [5, 5.41) is 2.92. The molecule has 1 aromatic carbocycles. The van der Waals surface area contributed by atoms with Crippen molar-refractivity contribution in [1.29, 1.82) is 0 Å². The minimum Gasteiger partial charge on any atom is -0.349 e. The second-order valence-electron chi connectivity index (χ2n) is 4.06. The molecule has 0 spiro atoms. The number of carbonyl (C=O) groups is 1. The van der Waals surface area contributed by atoms with E-state index < -0.39 is 0 Å². The minimum absolute atomic E-state index is 0.0429. The second-order valence-corrected chi connectivity index (χ2v) is 4.06. The van der Waals surface area contributed by atoms with Crippen molar-refractivity contribution >= 4 is 5.91 Å². The van der Waals surface area contributed by atoms with Crippen LogP contribution >= 0.6 is 0 Å². The number of carbonyl (C=O) groups excluding carboxylic acids is 1. The summed E-state index contributed by atoms with van der Waals surface area (Å²) in [5.74, 6) is 0.0826. The molecule has 1 amide bonds. The first-order valence-electron chi connectivity index (χ1n) is 5.22. The van der Waals surface area contributed by atoms with Gasteiger partial charge in [-0.2, -0.15) is 0 Å². The topological polar surface area (TPSA) is 29.1 Å². The van der Waals surface area contributed by atoms with Gasteiger partial charge in [-0.05, 0) is 37.5 Å². The molecule has 2 nitrogen and oxygen atoms in total. The molecule has 1 atom stereocenters. The standard InChI is InChI=1S/C12H14FNO/c1-8(14-12(15)10-2-3-10)9-4-6-11(13)7-5-9/h4-8,10H,2-3H2,1H3,(H,14,15). The highest BCUT2D eigenvalue weighted by atomic mass is 19.1. The summed E-state index contributed by atoms with van der Waals surface area (Å²) in [7, 11) is 0. The average molecular weight is 207 g/mol. The van der Waals surface area contributed by atoms with Crippen LogP contribution in [0.15, 0.2) is 24.3 Å². The lowest BCUT2D eigenvalue weighted by Crippen LogP contribution is -2.27. The van der Waals surface area contributed by atoms with Crippen molar-refractivity contribution in [3.8, 4) is 0 Å². The molecule has 1 saturated carbocycles. The second kappa shape index (κ2) is 4.01. The maximum absolute atomic E-state index is 12.7. The third-order valence-corrected chi connectivity index (χ3v) is 2.68. The number of hydrogen-bond acceptors (Lipinski definition) is 1. The zero-order valence-electron chi connectivity index (χ0n) is 8.66. The van der Waals surface area contributed by atoms with Crippen LogP contribution in [-0.4, -0.2) is 5.91 Å². The molecule has 0 aliphatic heterocycles. The summed E-state index contributed by atoms with van der Waals surface area (Å²) in [6.07, 6.45) is 2.00. The Morgan fingerprint density at radius 3 is 2.53 bits per heavy atom. The van der Waals surface area contributed by atoms with Crippen LogP contribution in [0.25, 0.3) is 0 Å². The number of halogens is 1. The number of hydrogen-bond donors (Lipinski definition) is 1. The smallest absolute Gasteiger partial charge is 0.223 e. The Morgan fingerprint density at radius 1 is 1.40 bits per heavy atom. The van der Waals surface area contributed by atoms with Gasteiger partial charge in [-0.1, -0.05) is 12.1 Å². The van der Waals surface area contributed by atoms with Crippen molar-refractivity contribution in [2.24, 2.45) is 5.92 Å². The summed E-state index contributed by atoms with van der Waals surface area (Å²) in [4.78, 5) is 11.5. The van der Waals surface area contributed by atoms with Gasteiger partial charge in [0.2, 0.25) is 5.91 Å². The Labute approximate surface area is 88.5 Å². The fourth-order valence-electron chi connectivity index (χ4n) is 1.51. The quantitative estimate of drug-likeness (QED) is 0.810. The first kappa shape index (κ1) is 10.1. The highest BCUT2D eigenvalue weighted by molar-refractivity contribution is 5.81. The summed E-state index contributed by atoms with van der Waals surface area (Å²) >= 11 is 0. The molecule has 0 radical (unpaired) electrons. The van der Waals surface area contributed by atoms with Crippen LogP contribution in [0.2, 0.25) is 0 Å². The first-order chi connectivity index (χ1) is 7.16. The number of nitrogens with one attached hydrogen (secondary N) is 1. The molecule has 1 N–H and O–H groups in total. The van der Waals surface area contributed by atoms with Gasteiger partial charge in [0.15, 0.2) is 0 Å². The van der Waals surface area contributed by atoms with E-state index in [1.54, 1.807) is 12.1 Å². The highest BCUT2D eigenvalue weighted by Gasteiger charge is 2.30. The van der Waals surface area contributed by atoms with Crippen LogP contribution < -0.4 is 5.32 Å². The maximum atomic E-state index is 12.7. The molecule has 0 aromatic heterocycles. The van der Waals surface area contributed by atoms with Crippen LogP contribution in [0.3, 0.4) is 0 Å². The SMILES string of the molecule is CC(NC(=O)C1CC1)c1ccc(F)cc1. The lowest BCUT2D eigenvalue weighted by atomic mass is 10.1. The van der Waals surface area contributed by atoms with E-state index in [9.17, 15) is 9.18 Å². The fourth-order valence-corrected chi connectivity index (χ4v) is 1.51. The summed E-state index contributed by atoms with van der Waals surface area (Å²) in [6, 6.07) is 6.18. The molecule has 1 aliphatic carbocycles. The van der Waals surface area contributed by atoms with Gasteiger partial charge in [0.25, 0.3) is 0 Å². The maximum Gasteiger partial charge on any atom is 0.223 e. The summed E-state index contributed by atoms with van der Waals surface area (Å²) in [6.45, 7) is 1.91. The fraction of sp³-hybridized carbons (Fsp3) is 0.417. The molecule has 0 bridgehead atoms. The van der Waals surface area contributed by atoms with Crippen LogP contribution in [0.1, 0.15) is 31.4 Å². The zero-order chi connectivity index (χ0) is 10.8. The molecule has 1 unspecified atom stereocenters. The Kier molecular flexibility index (Phi) is 2.71. The number of rotatable bonds is 3. The monoisotopic (exact) mass is 207 g/mol. The van der Waals surface area contributed by atoms with Crippen molar-refractivity contribution in [2.75, 3.05) is 0 Å². The van der Waals surface area contributed by atoms with Gasteiger partial charge in [0.1, 0.15) is 5.82 Å². The predicted molar refractivity (Wildman–Crippen MR) is 55.7 cm³/mol. The lowest BCUT2D eigenvalue weighted by molar-refractivity contribution is -0.122. The van der Waals surface area contributed by atoms with Crippen molar-refractivity contribution < 1.29 is 9.18 Å². The van der Waals surface area contributed by atoms with E-state index in [0.29, 0.717) is 0 Å². The molecule has 2 rings (SSSR count). The number of amides is 1. The van der Waals surface area contributed by atoms with E-state index in [2.05, 4.69) is 5.32 Å². The van der Waals surface area contributed by atoms with E-state index >= 15 is 0 Å². The molecule has 1 aromatic rings. The van der Waals surface area contributed by atoms with Gasteiger partial charge in [0.05, 0.1) is 6.04 Å². The molecule has 1 aliphatic rings. The van der Waals surface area contributed by atoms with Gasteiger partial charge in [-0.15, -0.1) is 0 Å². The Morgan fingerprint density at radius 2 is 2.00 bits per heavy atom. The van der Waals surface area contributed by atoms with Gasteiger partial charge in [0, 0.05) is 5.92 Å². The Balaban J connectivity index is 1.97. The van der Waals surface area contributed by atoms with Crippen LogP contribution in [0.4, 0.5) is 4.39 Å². The van der Waals surface area contributed by atoms with Gasteiger partial charge in [-0.3, -0.25) is 4.79 Å². The molecule has 80 valence electrons. The molecule has 1 fully saturated rings. The van der Waals surface area contributed by atoms with Crippen molar-refractivity contribution in [2.45, 2.75) is 25.8 Å². The van der Waals surface area contributed by atoms with E-state index in [0.717, 1.165) is 18.4 Å². The minimum atomic E-state index is -0.250. The van der Waals surface area contributed by atoms with Crippen LogP contribution in [-0.2, 0) is 4.79 Å². The van der Waals surface area contributed by atoms with Crippen molar-refractivity contribution in [1.82, 2.24) is 5.32 Å². The lowest BCUT2D eigenvalue weighted by Gasteiger charge is -2.13. The van der Waals surface area contributed by atoms with Crippen molar-refractivity contribution in [3.05, 3.63) is 35.6 Å². The molecule has 0 saturated heterocycles. The third kappa shape index (κ3) is 2.55. The van der Waals surface area contributed by atoms with Gasteiger partial charge >= 0.3 is 0 Å². The third-order valence-electron chi connectivity index (χ3n) is 2.68. The zero-order valence-corrected chi connectivity index (χ0v) is 8.66. The number of benzene rings is 1. The molecule has 15 heavy (non-hydrogen) atoms. The Hall–Kier alpha value is -1.38.